The summed E-state index contributed by atoms with van der Waals surface area (Å²) >= 11 is 0. The van der Waals surface area contributed by atoms with E-state index in [1.54, 1.807) is 22.4 Å². The topological polar surface area (TPSA) is 16.6 Å². The molecule has 20 heavy (non-hydrogen) atoms. The molecule has 1 nitrogen and oxygen atoms in total. The third kappa shape index (κ3) is 2.30. The summed E-state index contributed by atoms with van der Waals surface area (Å²) < 4.78 is 0. The van der Waals surface area contributed by atoms with Crippen molar-refractivity contribution in [2.75, 3.05) is 0 Å². The van der Waals surface area contributed by atoms with Crippen LogP contribution in [-0.2, 0) is 12.8 Å². The second-order valence-electron chi connectivity index (χ2n) is 7.09. The Hall–Kier alpha value is -0.820. The van der Waals surface area contributed by atoms with Crippen molar-refractivity contribution in [3.8, 4) is 0 Å². The molecule has 2 N–H and O–H groups in total. The highest BCUT2D eigenvalue weighted by Gasteiger charge is 2.43. The van der Waals surface area contributed by atoms with Crippen molar-refractivity contribution in [2.24, 2.45) is 0 Å². The number of nitrogens with two attached hydrogens (primary N) is 1. The molecule has 1 heterocycles. The molecule has 1 aromatic carbocycles. The zero-order chi connectivity index (χ0) is 14.2. The van der Waals surface area contributed by atoms with Gasteiger partial charge in [-0.3, -0.25) is 0 Å². The second-order valence-corrected chi connectivity index (χ2v) is 7.09. The van der Waals surface area contributed by atoms with Gasteiger partial charge in [-0.2, -0.15) is 0 Å². The zero-order valence-corrected chi connectivity index (χ0v) is 13.5. The summed E-state index contributed by atoms with van der Waals surface area (Å²) in [4.78, 5) is 0. The molecule has 1 saturated carbocycles. The van der Waals surface area contributed by atoms with Crippen LogP contribution in [0.3, 0.4) is 0 Å². The van der Waals surface area contributed by atoms with Crippen LogP contribution in [0.2, 0.25) is 0 Å². The van der Waals surface area contributed by atoms with E-state index in [1.165, 1.54) is 51.4 Å². The predicted molar refractivity (Wildman–Crippen MR) is 85.6 cm³/mol. The molecular weight excluding hydrogens is 242 g/mol. The first kappa shape index (κ1) is 14.1. The van der Waals surface area contributed by atoms with Gasteiger partial charge in [0.05, 0.1) is 0 Å². The molecule has 0 saturated heterocycles. The third-order valence-corrected chi connectivity index (χ3v) is 5.73. The minimum absolute atomic E-state index is 0.529. The van der Waals surface area contributed by atoms with Crippen molar-refractivity contribution in [3.05, 3.63) is 28.8 Å². The number of hydrogen-bond acceptors (Lipinski definition) is 0. The molecule has 1 atom stereocenters. The largest absolute Gasteiger partial charge is 0.309 e. The van der Waals surface area contributed by atoms with E-state index in [-0.39, 0.29) is 0 Å². The maximum Gasteiger partial charge on any atom is 0.136 e. The highest BCUT2D eigenvalue weighted by atomic mass is 15.0. The van der Waals surface area contributed by atoms with E-state index in [4.69, 9.17) is 0 Å². The van der Waals surface area contributed by atoms with Gasteiger partial charge in [-0.05, 0) is 37.2 Å². The van der Waals surface area contributed by atoms with E-state index in [0.29, 0.717) is 5.54 Å². The molecule has 1 aliphatic carbocycles. The lowest BCUT2D eigenvalue weighted by Gasteiger charge is -2.42. The van der Waals surface area contributed by atoms with Crippen molar-refractivity contribution in [3.63, 3.8) is 0 Å². The lowest BCUT2D eigenvalue weighted by Crippen LogP contribution is -2.94. The minimum atomic E-state index is 0.529. The summed E-state index contributed by atoms with van der Waals surface area (Å²) in [5.41, 5.74) is 7.01. The van der Waals surface area contributed by atoms with Gasteiger partial charge in [0.1, 0.15) is 11.2 Å². The van der Waals surface area contributed by atoms with Crippen LogP contribution in [-0.4, -0.2) is 5.54 Å². The molecule has 110 valence electrons. The van der Waals surface area contributed by atoms with E-state index in [2.05, 4.69) is 38.2 Å². The number of quaternary nitrogens is 1. The van der Waals surface area contributed by atoms with Gasteiger partial charge in [-0.25, -0.2) is 0 Å². The Labute approximate surface area is 124 Å². The van der Waals surface area contributed by atoms with Crippen LogP contribution in [0.1, 0.15) is 81.9 Å². The van der Waals surface area contributed by atoms with E-state index in [1.807, 2.05) is 0 Å². The predicted octanol–water partition coefficient (Wildman–Crippen LogP) is 4.22. The highest BCUT2D eigenvalue weighted by Crippen LogP contribution is 2.42. The van der Waals surface area contributed by atoms with Gasteiger partial charge in [-0.1, -0.05) is 39.3 Å². The monoisotopic (exact) mass is 272 g/mol. The summed E-state index contributed by atoms with van der Waals surface area (Å²) in [5.74, 6) is 0.745. The van der Waals surface area contributed by atoms with Crippen LogP contribution in [0, 0.1) is 0 Å². The highest BCUT2D eigenvalue weighted by molar-refractivity contribution is 5.54. The lowest BCUT2D eigenvalue weighted by molar-refractivity contribution is -0.665. The Morgan fingerprint density at radius 2 is 1.70 bits per heavy atom. The van der Waals surface area contributed by atoms with Crippen LogP contribution in [0.5, 0.6) is 0 Å². The first-order chi connectivity index (χ1) is 9.69. The Balaban J connectivity index is 2.05. The third-order valence-electron chi connectivity index (χ3n) is 5.73. The van der Waals surface area contributed by atoms with Crippen LogP contribution < -0.4 is 5.32 Å². The van der Waals surface area contributed by atoms with Crippen molar-refractivity contribution in [1.82, 2.24) is 0 Å². The fourth-order valence-corrected chi connectivity index (χ4v) is 4.78. The van der Waals surface area contributed by atoms with Crippen LogP contribution in [0.15, 0.2) is 12.1 Å². The fraction of sp³-hybridized carbons (Fsp3) is 0.684. The average Bonchev–Trinajstić information content (AvgIpc) is 2.46. The van der Waals surface area contributed by atoms with Gasteiger partial charge in [0.25, 0.3) is 0 Å². The number of fused-ring (bicyclic) bond motifs is 1. The Morgan fingerprint density at radius 1 is 1.05 bits per heavy atom. The van der Waals surface area contributed by atoms with Gasteiger partial charge in [0.15, 0.2) is 0 Å². The van der Waals surface area contributed by atoms with Crippen molar-refractivity contribution < 1.29 is 5.32 Å². The van der Waals surface area contributed by atoms with Crippen LogP contribution in [0.25, 0.3) is 0 Å². The quantitative estimate of drug-likeness (QED) is 0.776. The van der Waals surface area contributed by atoms with Gasteiger partial charge in [0.2, 0.25) is 0 Å². The first-order valence-corrected chi connectivity index (χ1v) is 8.69. The van der Waals surface area contributed by atoms with Gasteiger partial charge in [0, 0.05) is 30.4 Å². The van der Waals surface area contributed by atoms with E-state index < -0.39 is 0 Å². The molecule has 1 fully saturated rings. The molecule has 0 amide bonds. The van der Waals surface area contributed by atoms with Gasteiger partial charge < -0.3 is 5.32 Å². The molecular formula is C19H30N+. The molecule has 0 radical (unpaired) electrons. The number of aryl methyl sites for hydroxylation is 2. The van der Waals surface area contributed by atoms with Gasteiger partial charge in [-0.15, -0.1) is 0 Å². The fourth-order valence-electron chi connectivity index (χ4n) is 4.78. The first-order valence-electron chi connectivity index (χ1n) is 8.69. The van der Waals surface area contributed by atoms with E-state index >= 15 is 0 Å². The minimum Gasteiger partial charge on any atom is -0.309 e. The van der Waals surface area contributed by atoms with Crippen molar-refractivity contribution >= 4 is 5.69 Å². The maximum atomic E-state index is 2.71. The number of benzene rings is 1. The number of hydrogen-bond donors (Lipinski definition) is 1. The summed E-state index contributed by atoms with van der Waals surface area (Å²) in [6, 6.07) is 4.78. The van der Waals surface area contributed by atoms with E-state index in [0.717, 1.165) is 5.92 Å². The van der Waals surface area contributed by atoms with Gasteiger partial charge >= 0.3 is 0 Å². The molecule has 3 rings (SSSR count). The van der Waals surface area contributed by atoms with Crippen molar-refractivity contribution in [1.29, 1.82) is 0 Å². The van der Waals surface area contributed by atoms with Crippen LogP contribution >= 0.6 is 0 Å². The van der Waals surface area contributed by atoms with E-state index in [9.17, 15) is 0 Å². The smallest absolute Gasteiger partial charge is 0.136 e. The van der Waals surface area contributed by atoms with Crippen molar-refractivity contribution in [2.45, 2.75) is 83.6 Å². The molecule has 0 aromatic heterocycles. The molecule has 1 aliphatic heterocycles. The normalized spacial score (nSPS) is 24.6. The zero-order valence-electron chi connectivity index (χ0n) is 13.5. The molecule has 1 unspecified atom stereocenters. The molecule has 2 aliphatic rings. The second kappa shape index (κ2) is 5.52. The molecule has 1 heteroatoms. The molecule has 0 bridgehead atoms. The Morgan fingerprint density at radius 3 is 2.35 bits per heavy atom. The summed E-state index contributed by atoms with van der Waals surface area (Å²) in [5, 5.41) is 2.71. The Kier molecular flexibility index (Phi) is 3.90. The molecule has 1 aromatic rings. The summed E-state index contributed by atoms with van der Waals surface area (Å²) in [6.07, 6.45) is 10.9. The lowest BCUT2D eigenvalue weighted by atomic mass is 9.70. The summed E-state index contributed by atoms with van der Waals surface area (Å²) in [7, 11) is 0. The Bertz CT molecular complexity index is 483. The van der Waals surface area contributed by atoms with Crippen LogP contribution in [0.4, 0.5) is 5.69 Å². The molecule has 1 spiro atoms. The number of rotatable bonds is 2. The summed E-state index contributed by atoms with van der Waals surface area (Å²) in [6.45, 7) is 7.08. The average molecular weight is 272 g/mol. The maximum absolute atomic E-state index is 2.71. The SMILES string of the molecule is CCc1ccc(CC)c2c1[NH2+]C1(CCCCC1)CC2C. The standard InChI is InChI=1S/C19H29N/c1-4-15-9-10-16(5-2)18-17(15)14(3)13-19(20-18)11-7-6-8-12-19/h9-10,14,20H,4-8,11-13H2,1-3H3/p+1.